The molecule has 0 bridgehead atoms. The van der Waals surface area contributed by atoms with E-state index in [9.17, 15) is 19.7 Å². The molecule has 0 aromatic carbocycles. The maximum Gasteiger partial charge on any atom is 0.433 e. The number of thiophene rings is 1. The predicted octanol–water partition coefficient (Wildman–Crippen LogP) is 2.25. The molecular weight excluding hydrogens is 346 g/mol. The number of hydrogen-bond acceptors (Lipinski definition) is 6. The highest BCUT2D eigenvalue weighted by Gasteiger charge is 2.24. The summed E-state index contributed by atoms with van der Waals surface area (Å²) in [6, 6.07) is 6.29. The molecule has 2 aromatic heterocycles. The number of piperazine rings is 1. The van der Waals surface area contributed by atoms with E-state index in [2.05, 4.69) is 0 Å². The number of carbonyl (C=O) groups is 2. The number of furan rings is 1. The zero-order chi connectivity index (χ0) is 17.8. The van der Waals surface area contributed by atoms with Crippen LogP contribution in [0, 0.1) is 10.1 Å². The van der Waals surface area contributed by atoms with E-state index in [4.69, 9.17) is 4.42 Å². The van der Waals surface area contributed by atoms with Gasteiger partial charge in [-0.25, -0.2) is 0 Å². The van der Waals surface area contributed by atoms with Crippen molar-refractivity contribution in [1.82, 2.24) is 9.80 Å². The summed E-state index contributed by atoms with van der Waals surface area (Å²) in [6.45, 7) is 1.84. The minimum atomic E-state index is -0.636. The van der Waals surface area contributed by atoms with Crippen molar-refractivity contribution in [2.45, 2.75) is 0 Å². The molecule has 0 N–H and O–H groups in total. The van der Waals surface area contributed by atoms with Crippen LogP contribution in [0.2, 0.25) is 0 Å². The minimum absolute atomic E-state index is 0.0134. The highest BCUT2D eigenvalue weighted by Crippen LogP contribution is 2.17. The molecule has 2 aromatic rings. The highest BCUT2D eigenvalue weighted by atomic mass is 32.1. The van der Waals surface area contributed by atoms with Gasteiger partial charge in [0.15, 0.2) is 0 Å². The standard InChI is InChI=1S/C16H15N3O5S/c20-14(5-3-12-4-6-15(24-12)19(22)23)17-7-9-18(10-8-17)16(21)13-2-1-11-25-13/h1-6,11H,7-10H2/b5-3+. The average Bonchev–Trinajstić information content (AvgIpc) is 3.31. The van der Waals surface area contributed by atoms with Crippen LogP contribution in [0.25, 0.3) is 6.08 Å². The van der Waals surface area contributed by atoms with Crippen LogP contribution >= 0.6 is 11.3 Å². The summed E-state index contributed by atoms with van der Waals surface area (Å²) in [4.78, 5) is 38.4. The molecule has 130 valence electrons. The fourth-order valence-corrected chi connectivity index (χ4v) is 3.17. The van der Waals surface area contributed by atoms with E-state index >= 15 is 0 Å². The Hall–Kier alpha value is -2.94. The number of hydrogen-bond donors (Lipinski definition) is 0. The molecule has 1 saturated heterocycles. The van der Waals surface area contributed by atoms with Crippen molar-refractivity contribution in [3.05, 3.63) is 56.5 Å². The molecule has 1 fully saturated rings. The lowest BCUT2D eigenvalue weighted by Crippen LogP contribution is -2.50. The van der Waals surface area contributed by atoms with Gasteiger partial charge in [0.05, 0.1) is 10.9 Å². The van der Waals surface area contributed by atoms with Crippen LogP contribution in [0.3, 0.4) is 0 Å². The van der Waals surface area contributed by atoms with Crippen molar-refractivity contribution in [3.8, 4) is 0 Å². The Morgan fingerprint density at radius 2 is 1.88 bits per heavy atom. The van der Waals surface area contributed by atoms with E-state index in [-0.39, 0.29) is 23.5 Å². The van der Waals surface area contributed by atoms with Crippen LogP contribution in [-0.4, -0.2) is 52.7 Å². The topological polar surface area (TPSA) is 96.9 Å². The number of nitrogens with zero attached hydrogens (tertiary/aromatic N) is 3. The van der Waals surface area contributed by atoms with Crippen LogP contribution in [0.5, 0.6) is 0 Å². The molecule has 1 aliphatic rings. The molecule has 2 amide bonds. The van der Waals surface area contributed by atoms with Gasteiger partial charge in [0.25, 0.3) is 5.91 Å². The Morgan fingerprint density at radius 3 is 2.48 bits per heavy atom. The largest absolute Gasteiger partial charge is 0.433 e. The molecule has 0 spiro atoms. The zero-order valence-corrected chi connectivity index (χ0v) is 14.0. The van der Waals surface area contributed by atoms with Gasteiger partial charge in [-0.05, 0) is 23.6 Å². The van der Waals surface area contributed by atoms with Crippen LogP contribution in [0.4, 0.5) is 5.88 Å². The Labute approximate surface area is 147 Å². The summed E-state index contributed by atoms with van der Waals surface area (Å²) >= 11 is 1.40. The van der Waals surface area contributed by atoms with Gasteiger partial charge in [0, 0.05) is 32.3 Å². The SMILES string of the molecule is O=C(/C=C/c1ccc([N+](=O)[O-])o1)N1CCN(C(=O)c2cccs2)CC1. The second-order valence-corrected chi connectivity index (χ2v) is 6.31. The molecule has 25 heavy (non-hydrogen) atoms. The van der Waals surface area contributed by atoms with Crippen LogP contribution in [0.1, 0.15) is 15.4 Å². The molecule has 3 heterocycles. The van der Waals surface area contributed by atoms with Gasteiger partial charge in [0.1, 0.15) is 10.7 Å². The highest BCUT2D eigenvalue weighted by molar-refractivity contribution is 7.12. The van der Waals surface area contributed by atoms with Gasteiger partial charge in [-0.15, -0.1) is 11.3 Å². The summed E-state index contributed by atoms with van der Waals surface area (Å²) in [5, 5.41) is 12.4. The average molecular weight is 361 g/mol. The van der Waals surface area contributed by atoms with Crippen LogP contribution < -0.4 is 0 Å². The summed E-state index contributed by atoms with van der Waals surface area (Å²) < 4.78 is 4.96. The number of nitro groups is 1. The summed E-state index contributed by atoms with van der Waals surface area (Å²) in [5.74, 6) is -0.359. The van der Waals surface area contributed by atoms with Crippen molar-refractivity contribution < 1.29 is 18.9 Å². The lowest BCUT2D eigenvalue weighted by Gasteiger charge is -2.34. The summed E-state index contributed by atoms with van der Waals surface area (Å²) in [7, 11) is 0. The van der Waals surface area contributed by atoms with E-state index in [1.54, 1.807) is 15.9 Å². The molecule has 0 saturated carbocycles. The summed E-state index contributed by atoms with van der Waals surface area (Å²) in [5.41, 5.74) is 0. The van der Waals surface area contributed by atoms with Crippen molar-refractivity contribution >= 4 is 35.1 Å². The first kappa shape index (κ1) is 16.9. The van der Waals surface area contributed by atoms with Gasteiger partial charge in [-0.1, -0.05) is 6.07 Å². The third kappa shape index (κ3) is 3.94. The monoisotopic (exact) mass is 361 g/mol. The molecule has 0 unspecified atom stereocenters. The first-order valence-electron chi connectivity index (χ1n) is 7.58. The number of carbonyl (C=O) groups excluding carboxylic acids is 2. The lowest BCUT2D eigenvalue weighted by molar-refractivity contribution is -0.402. The van der Waals surface area contributed by atoms with Gasteiger partial charge < -0.3 is 14.2 Å². The predicted molar refractivity (Wildman–Crippen MR) is 91.2 cm³/mol. The maximum absolute atomic E-state index is 12.3. The fraction of sp³-hybridized carbons (Fsp3) is 0.250. The van der Waals surface area contributed by atoms with E-state index in [1.807, 2.05) is 11.4 Å². The summed E-state index contributed by atoms with van der Waals surface area (Å²) in [6.07, 6.45) is 2.72. The molecule has 9 heteroatoms. The van der Waals surface area contributed by atoms with E-state index < -0.39 is 4.92 Å². The fourth-order valence-electron chi connectivity index (χ4n) is 2.47. The van der Waals surface area contributed by atoms with Crippen molar-refractivity contribution in [2.75, 3.05) is 26.2 Å². The smallest absolute Gasteiger partial charge is 0.401 e. The third-order valence-electron chi connectivity index (χ3n) is 3.79. The molecule has 0 radical (unpaired) electrons. The van der Waals surface area contributed by atoms with E-state index in [0.717, 1.165) is 0 Å². The maximum atomic E-state index is 12.3. The molecule has 8 nitrogen and oxygen atoms in total. The molecule has 0 atom stereocenters. The minimum Gasteiger partial charge on any atom is -0.401 e. The van der Waals surface area contributed by atoms with Crippen LogP contribution in [0.15, 0.2) is 40.1 Å². The lowest BCUT2D eigenvalue weighted by atomic mass is 10.2. The Bertz CT molecular complexity index is 804. The first-order valence-corrected chi connectivity index (χ1v) is 8.46. The molecule has 0 aliphatic carbocycles. The second-order valence-electron chi connectivity index (χ2n) is 5.36. The van der Waals surface area contributed by atoms with E-state index in [1.165, 1.54) is 35.6 Å². The Morgan fingerprint density at radius 1 is 1.16 bits per heavy atom. The molecule has 1 aliphatic heterocycles. The van der Waals surface area contributed by atoms with Crippen molar-refractivity contribution in [3.63, 3.8) is 0 Å². The van der Waals surface area contributed by atoms with Gasteiger partial charge >= 0.3 is 5.88 Å². The van der Waals surface area contributed by atoms with Gasteiger partial charge in [0.2, 0.25) is 5.91 Å². The molecule has 3 rings (SSSR count). The normalized spacial score (nSPS) is 14.9. The van der Waals surface area contributed by atoms with Crippen molar-refractivity contribution in [1.29, 1.82) is 0 Å². The Balaban J connectivity index is 1.53. The van der Waals surface area contributed by atoms with E-state index in [0.29, 0.717) is 31.1 Å². The van der Waals surface area contributed by atoms with Crippen molar-refractivity contribution in [2.24, 2.45) is 0 Å². The quantitative estimate of drug-likeness (QED) is 0.473. The number of rotatable bonds is 4. The zero-order valence-electron chi connectivity index (χ0n) is 13.2. The first-order chi connectivity index (χ1) is 12.0. The van der Waals surface area contributed by atoms with Gasteiger partial charge in [-0.3, -0.25) is 19.7 Å². The molecular formula is C16H15N3O5S. The third-order valence-corrected chi connectivity index (χ3v) is 4.65. The van der Waals surface area contributed by atoms with Gasteiger partial charge in [-0.2, -0.15) is 0 Å². The van der Waals surface area contributed by atoms with Crippen LogP contribution in [-0.2, 0) is 4.79 Å². The number of amides is 2. The second kappa shape index (κ2) is 7.31. The Kier molecular flexibility index (Phi) is 4.94.